The predicted molar refractivity (Wildman–Crippen MR) is 117 cm³/mol. The summed E-state index contributed by atoms with van der Waals surface area (Å²) in [4.78, 5) is 20.5. The molecule has 1 aliphatic rings. The molecule has 0 radical (unpaired) electrons. The predicted octanol–water partition coefficient (Wildman–Crippen LogP) is 4.21. The van der Waals surface area contributed by atoms with Gasteiger partial charge in [0.15, 0.2) is 11.6 Å². The lowest BCUT2D eigenvalue weighted by Crippen LogP contribution is -2.33. The molecular weight excluding hydrogens is 381 g/mol. The van der Waals surface area contributed by atoms with Crippen molar-refractivity contribution in [1.29, 1.82) is 0 Å². The Morgan fingerprint density at radius 2 is 1.80 bits per heavy atom. The average molecular weight is 407 g/mol. The molecule has 0 atom stereocenters. The lowest BCUT2D eigenvalue weighted by molar-refractivity contribution is 0.387. The van der Waals surface area contributed by atoms with Gasteiger partial charge in [0, 0.05) is 19.6 Å². The van der Waals surface area contributed by atoms with Gasteiger partial charge in [-0.15, -0.1) is 0 Å². The first-order chi connectivity index (χ1) is 14.6. The minimum atomic E-state index is -0.472. The first kappa shape index (κ1) is 20.1. The smallest absolute Gasteiger partial charge is 0.277 e. The second kappa shape index (κ2) is 8.69. The third kappa shape index (κ3) is 3.82. The average Bonchev–Trinajstić information content (AvgIpc) is 3.27. The molecule has 4 rings (SSSR count). The van der Waals surface area contributed by atoms with Crippen molar-refractivity contribution in [1.82, 2.24) is 9.55 Å². The molecule has 0 unspecified atom stereocenters. The molecule has 0 aliphatic carbocycles. The molecule has 1 aliphatic heterocycles. The molecule has 0 saturated carbocycles. The van der Waals surface area contributed by atoms with Crippen LogP contribution in [0.15, 0.2) is 53.3 Å². The van der Waals surface area contributed by atoms with Crippen LogP contribution in [0.25, 0.3) is 11.4 Å². The van der Waals surface area contributed by atoms with E-state index >= 15 is 0 Å². The van der Waals surface area contributed by atoms with Gasteiger partial charge < -0.3 is 9.64 Å². The van der Waals surface area contributed by atoms with Gasteiger partial charge in [-0.1, -0.05) is 36.4 Å². The van der Waals surface area contributed by atoms with Gasteiger partial charge in [-0.25, -0.2) is 9.37 Å². The molecule has 1 fully saturated rings. The highest BCUT2D eigenvalue weighted by Crippen LogP contribution is 2.32. The van der Waals surface area contributed by atoms with E-state index in [0.717, 1.165) is 31.5 Å². The summed E-state index contributed by atoms with van der Waals surface area (Å²) < 4.78 is 21.4. The molecule has 2 aromatic carbocycles. The molecule has 156 valence electrons. The zero-order chi connectivity index (χ0) is 21.1. The zero-order valence-electron chi connectivity index (χ0n) is 17.4. The highest BCUT2D eigenvalue weighted by molar-refractivity contribution is 5.67. The number of aromatic nitrogens is 2. The fraction of sp³-hybridized carbons (Fsp3) is 0.333. The lowest BCUT2D eigenvalue weighted by Gasteiger charge is -2.23. The van der Waals surface area contributed by atoms with Gasteiger partial charge in [-0.2, -0.15) is 0 Å². The number of hydrogen-bond donors (Lipinski definition) is 0. The Kier molecular flexibility index (Phi) is 5.84. The van der Waals surface area contributed by atoms with E-state index in [1.54, 1.807) is 16.7 Å². The molecule has 1 aromatic heterocycles. The maximum Gasteiger partial charge on any atom is 0.277 e. The van der Waals surface area contributed by atoms with Gasteiger partial charge in [0.2, 0.25) is 0 Å². The van der Waals surface area contributed by atoms with E-state index in [2.05, 4.69) is 4.90 Å². The van der Waals surface area contributed by atoms with Crippen LogP contribution in [0, 0.1) is 12.7 Å². The van der Waals surface area contributed by atoms with Crippen molar-refractivity contribution in [3.8, 4) is 17.1 Å². The Bertz CT molecular complexity index is 1090. The van der Waals surface area contributed by atoms with E-state index < -0.39 is 5.82 Å². The van der Waals surface area contributed by atoms with Crippen molar-refractivity contribution in [2.75, 3.05) is 25.1 Å². The number of ether oxygens (including phenoxy) is 1. The summed E-state index contributed by atoms with van der Waals surface area (Å²) in [5, 5.41) is 0. The zero-order valence-corrected chi connectivity index (χ0v) is 17.4. The van der Waals surface area contributed by atoms with Crippen molar-refractivity contribution in [3.63, 3.8) is 0 Å². The SMILES string of the molecule is COc1c(F)cccc1-c1nc(C)c(N2CCCC2)c(=O)n1CCc1ccccc1. The number of anilines is 1. The van der Waals surface area contributed by atoms with E-state index in [1.165, 1.54) is 13.2 Å². The maximum absolute atomic E-state index is 14.4. The Balaban J connectivity index is 1.86. The van der Waals surface area contributed by atoms with Crippen LogP contribution < -0.4 is 15.2 Å². The van der Waals surface area contributed by atoms with Crippen LogP contribution in [0.4, 0.5) is 10.1 Å². The molecule has 1 saturated heterocycles. The summed E-state index contributed by atoms with van der Waals surface area (Å²) in [6.45, 7) is 4.02. The van der Waals surface area contributed by atoms with Crippen molar-refractivity contribution in [2.45, 2.75) is 32.7 Å². The van der Waals surface area contributed by atoms with E-state index in [9.17, 15) is 9.18 Å². The molecule has 0 N–H and O–H groups in total. The molecule has 3 aromatic rings. The van der Waals surface area contributed by atoms with Crippen molar-refractivity contribution in [3.05, 3.63) is 76.0 Å². The summed E-state index contributed by atoms with van der Waals surface area (Å²) in [6, 6.07) is 14.7. The number of methoxy groups -OCH3 is 1. The van der Waals surface area contributed by atoms with Gasteiger partial charge in [0.05, 0.1) is 18.4 Å². The molecule has 0 spiro atoms. The largest absolute Gasteiger partial charge is 0.493 e. The van der Waals surface area contributed by atoms with E-state index in [0.29, 0.717) is 35.7 Å². The minimum absolute atomic E-state index is 0.0818. The highest BCUT2D eigenvalue weighted by Gasteiger charge is 2.24. The first-order valence-corrected chi connectivity index (χ1v) is 10.3. The van der Waals surface area contributed by atoms with Gasteiger partial charge in [0.25, 0.3) is 5.56 Å². The van der Waals surface area contributed by atoms with Crippen LogP contribution in [0.3, 0.4) is 0 Å². The molecule has 2 heterocycles. The fourth-order valence-electron chi connectivity index (χ4n) is 4.15. The number of rotatable bonds is 6. The van der Waals surface area contributed by atoms with Crippen molar-refractivity contribution >= 4 is 5.69 Å². The Labute approximate surface area is 175 Å². The molecule has 0 amide bonds. The summed E-state index contributed by atoms with van der Waals surface area (Å²) in [7, 11) is 1.43. The van der Waals surface area contributed by atoms with Crippen LogP contribution in [0.2, 0.25) is 0 Å². The normalized spacial score (nSPS) is 13.6. The topological polar surface area (TPSA) is 47.4 Å². The summed E-state index contributed by atoms with van der Waals surface area (Å²) >= 11 is 0. The molecule has 30 heavy (non-hydrogen) atoms. The maximum atomic E-state index is 14.4. The molecule has 6 heteroatoms. The van der Waals surface area contributed by atoms with Crippen LogP contribution in [0.5, 0.6) is 5.75 Å². The van der Waals surface area contributed by atoms with Crippen molar-refractivity contribution < 1.29 is 9.13 Å². The van der Waals surface area contributed by atoms with Crippen LogP contribution in [0.1, 0.15) is 24.1 Å². The number of aryl methyl sites for hydroxylation is 2. The van der Waals surface area contributed by atoms with E-state index in [-0.39, 0.29) is 11.3 Å². The van der Waals surface area contributed by atoms with Crippen LogP contribution in [-0.2, 0) is 13.0 Å². The summed E-state index contributed by atoms with van der Waals surface area (Å²) in [5.41, 5.74) is 2.85. The minimum Gasteiger partial charge on any atom is -0.493 e. The number of benzene rings is 2. The Morgan fingerprint density at radius 3 is 2.50 bits per heavy atom. The monoisotopic (exact) mass is 407 g/mol. The molecule has 0 bridgehead atoms. The number of para-hydroxylation sites is 1. The third-order valence-electron chi connectivity index (χ3n) is 5.62. The summed E-state index contributed by atoms with van der Waals surface area (Å²) in [5.74, 6) is 0.0686. The third-order valence-corrected chi connectivity index (χ3v) is 5.62. The van der Waals surface area contributed by atoms with Gasteiger partial charge in [-0.3, -0.25) is 9.36 Å². The van der Waals surface area contributed by atoms with Crippen LogP contribution in [-0.4, -0.2) is 29.8 Å². The van der Waals surface area contributed by atoms with Crippen LogP contribution >= 0.6 is 0 Å². The Hall–Kier alpha value is -3.15. The molecule has 5 nitrogen and oxygen atoms in total. The molecular formula is C24H26FN3O2. The number of nitrogens with zero attached hydrogens (tertiary/aromatic N) is 3. The quantitative estimate of drug-likeness (QED) is 0.614. The first-order valence-electron chi connectivity index (χ1n) is 10.3. The van der Waals surface area contributed by atoms with Crippen molar-refractivity contribution in [2.24, 2.45) is 0 Å². The standard InChI is InChI=1S/C24H26FN3O2/c1-17-21(27-14-6-7-15-27)24(29)28(16-13-18-9-4-3-5-10-18)23(26-17)19-11-8-12-20(25)22(19)30-2/h3-5,8-12H,6-7,13-16H2,1-2H3. The van der Waals surface area contributed by atoms with E-state index in [4.69, 9.17) is 9.72 Å². The highest BCUT2D eigenvalue weighted by atomic mass is 19.1. The number of halogens is 1. The van der Waals surface area contributed by atoms with E-state index in [1.807, 2.05) is 37.3 Å². The summed E-state index contributed by atoms with van der Waals surface area (Å²) in [6.07, 6.45) is 2.82. The second-order valence-corrected chi connectivity index (χ2v) is 7.58. The van der Waals surface area contributed by atoms with Gasteiger partial charge >= 0.3 is 0 Å². The number of hydrogen-bond acceptors (Lipinski definition) is 4. The van der Waals surface area contributed by atoms with Gasteiger partial charge in [0.1, 0.15) is 11.5 Å². The Morgan fingerprint density at radius 1 is 1.07 bits per heavy atom. The fourth-order valence-corrected chi connectivity index (χ4v) is 4.15. The van der Waals surface area contributed by atoms with Gasteiger partial charge in [-0.05, 0) is 43.9 Å². The second-order valence-electron chi connectivity index (χ2n) is 7.58. The lowest BCUT2D eigenvalue weighted by atomic mass is 10.1.